The highest BCUT2D eigenvalue weighted by Gasteiger charge is 2.30. The molecule has 0 saturated heterocycles. The highest BCUT2D eigenvalue weighted by Crippen LogP contribution is 2.38. The summed E-state index contributed by atoms with van der Waals surface area (Å²) in [6.07, 6.45) is -1.88. The Balaban J connectivity index is 1.41. The summed E-state index contributed by atoms with van der Waals surface area (Å²) in [7, 11) is 0. The molecule has 2 heterocycles. The van der Waals surface area contributed by atoms with Crippen molar-refractivity contribution in [3.05, 3.63) is 77.5 Å². The number of benzene rings is 2. The summed E-state index contributed by atoms with van der Waals surface area (Å²) in [4.78, 5) is 15.5. The predicted octanol–water partition coefficient (Wildman–Crippen LogP) is 6.14. The summed E-state index contributed by atoms with van der Waals surface area (Å²) in [6, 6.07) is 13.7. The number of fused-ring (bicyclic) bond motifs is 1. The van der Waals surface area contributed by atoms with Gasteiger partial charge in [0.1, 0.15) is 23.5 Å². The first kappa shape index (κ1) is 22.0. The van der Waals surface area contributed by atoms with Crippen molar-refractivity contribution in [2.75, 3.05) is 11.2 Å². The van der Waals surface area contributed by atoms with E-state index in [1.807, 2.05) is 6.07 Å². The molecule has 1 aliphatic heterocycles. The second kappa shape index (κ2) is 9.08. The topological polar surface area (TPSA) is 60.5 Å². The fourth-order valence-corrected chi connectivity index (χ4v) is 3.45. The van der Waals surface area contributed by atoms with Gasteiger partial charge in [0.15, 0.2) is 0 Å². The predicted molar refractivity (Wildman–Crippen MR) is 113 cm³/mol. The van der Waals surface area contributed by atoms with Gasteiger partial charge in [-0.15, -0.1) is 11.6 Å². The molecule has 1 aromatic heterocycles. The fourth-order valence-electron chi connectivity index (χ4n) is 3.38. The Labute approximate surface area is 187 Å². The van der Waals surface area contributed by atoms with E-state index in [2.05, 4.69) is 10.3 Å². The number of carbonyl (C=O) groups excluding carboxylic acids is 1. The lowest BCUT2D eigenvalue weighted by Crippen LogP contribution is -2.15. The standard InChI is InChI=1S/C23H18ClF3N2O3/c24-12-21(30)29-17-6-10-22(28-13-17)31-18-7-9-20-15(11-18)3-8-19(32-20)14-1-4-16(5-2-14)23(25,26)27/h1-2,4-7,9-11,13,19H,3,8,12H2,(H,29,30). The first-order valence-corrected chi connectivity index (χ1v) is 10.3. The Hall–Kier alpha value is -3.26. The number of halogens is 4. The maximum absolute atomic E-state index is 12.8. The number of aryl methyl sites for hydroxylation is 1. The van der Waals surface area contributed by atoms with E-state index in [1.54, 1.807) is 24.3 Å². The molecule has 32 heavy (non-hydrogen) atoms. The quantitative estimate of drug-likeness (QED) is 0.463. The molecule has 1 unspecified atom stereocenters. The maximum atomic E-state index is 12.8. The second-order valence-electron chi connectivity index (χ2n) is 7.20. The van der Waals surface area contributed by atoms with Crippen LogP contribution in [0, 0.1) is 0 Å². The molecule has 0 fully saturated rings. The van der Waals surface area contributed by atoms with Gasteiger partial charge in [0, 0.05) is 6.07 Å². The third-order valence-corrected chi connectivity index (χ3v) is 5.19. The van der Waals surface area contributed by atoms with Crippen molar-refractivity contribution in [2.45, 2.75) is 25.1 Å². The van der Waals surface area contributed by atoms with Crippen LogP contribution in [0.2, 0.25) is 0 Å². The van der Waals surface area contributed by atoms with E-state index in [-0.39, 0.29) is 17.9 Å². The second-order valence-corrected chi connectivity index (χ2v) is 7.47. The number of carbonyl (C=O) groups is 1. The van der Waals surface area contributed by atoms with Gasteiger partial charge in [0.2, 0.25) is 11.8 Å². The molecule has 1 aliphatic rings. The summed E-state index contributed by atoms with van der Waals surface area (Å²) in [5.74, 6) is 1.13. The average Bonchev–Trinajstić information content (AvgIpc) is 2.79. The number of anilines is 1. The number of hydrogen-bond donors (Lipinski definition) is 1. The molecule has 4 rings (SSSR count). The molecule has 5 nitrogen and oxygen atoms in total. The van der Waals surface area contributed by atoms with Crippen molar-refractivity contribution < 1.29 is 27.4 Å². The van der Waals surface area contributed by atoms with E-state index in [9.17, 15) is 18.0 Å². The Morgan fingerprint density at radius 2 is 1.94 bits per heavy atom. The van der Waals surface area contributed by atoms with Gasteiger partial charge in [-0.25, -0.2) is 4.98 Å². The van der Waals surface area contributed by atoms with Crippen molar-refractivity contribution in [2.24, 2.45) is 0 Å². The number of nitrogens with one attached hydrogen (secondary N) is 1. The summed E-state index contributed by atoms with van der Waals surface area (Å²) in [6.45, 7) is 0. The van der Waals surface area contributed by atoms with Gasteiger partial charge in [-0.2, -0.15) is 13.2 Å². The zero-order chi connectivity index (χ0) is 22.7. The SMILES string of the molecule is O=C(CCl)Nc1ccc(Oc2ccc3c(c2)CCC(c2ccc(C(F)(F)F)cc2)O3)nc1. The van der Waals surface area contributed by atoms with E-state index >= 15 is 0 Å². The number of aromatic nitrogens is 1. The van der Waals surface area contributed by atoms with Crippen molar-refractivity contribution in [3.8, 4) is 17.4 Å². The van der Waals surface area contributed by atoms with Crippen LogP contribution in [0.15, 0.2) is 60.8 Å². The van der Waals surface area contributed by atoms with Gasteiger partial charge >= 0.3 is 6.18 Å². The van der Waals surface area contributed by atoms with Crippen molar-refractivity contribution in [3.63, 3.8) is 0 Å². The smallest absolute Gasteiger partial charge is 0.416 e. The molecule has 1 amide bonds. The number of hydrogen-bond acceptors (Lipinski definition) is 4. The van der Waals surface area contributed by atoms with Crippen molar-refractivity contribution in [1.29, 1.82) is 0 Å². The number of pyridine rings is 1. The van der Waals surface area contributed by atoms with Crippen LogP contribution in [0.3, 0.4) is 0 Å². The molecule has 3 aromatic rings. The summed E-state index contributed by atoms with van der Waals surface area (Å²) in [5, 5.41) is 2.59. The first-order chi connectivity index (χ1) is 15.3. The molecule has 166 valence electrons. The lowest BCUT2D eigenvalue weighted by Gasteiger charge is -2.27. The molecular formula is C23H18ClF3N2O3. The minimum absolute atomic E-state index is 0.144. The Kier molecular flexibility index (Phi) is 6.23. The van der Waals surface area contributed by atoms with Gasteiger partial charge in [-0.1, -0.05) is 12.1 Å². The van der Waals surface area contributed by atoms with Gasteiger partial charge in [0.25, 0.3) is 0 Å². The van der Waals surface area contributed by atoms with Crippen LogP contribution in [-0.4, -0.2) is 16.8 Å². The molecule has 9 heteroatoms. The van der Waals surface area contributed by atoms with Crippen molar-refractivity contribution in [1.82, 2.24) is 4.98 Å². The van der Waals surface area contributed by atoms with E-state index in [4.69, 9.17) is 21.1 Å². The lowest BCUT2D eigenvalue weighted by atomic mass is 9.96. The Morgan fingerprint density at radius 1 is 1.16 bits per heavy atom. The molecule has 0 radical (unpaired) electrons. The van der Waals surface area contributed by atoms with Gasteiger partial charge in [-0.3, -0.25) is 4.79 Å². The summed E-state index contributed by atoms with van der Waals surface area (Å²) < 4.78 is 50.1. The monoisotopic (exact) mass is 462 g/mol. The average molecular weight is 463 g/mol. The maximum Gasteiger partial charge on any atom is 0.416 e. The van der Waals surface area contributed by atoms with Crippen LogP contribution in [0.5, 0.6) is 17.4 Å². The lowest BCUT2D eigenvalue weighted by molar-refractivity contribution is -0.137. The fraction of sp³-hybridized carbons (Fsp3) is 0.217. The van der Waals surface area contributed by atoms with E-state index in [1.165, 1.54) is 18.3 Å². The van der Waals surface area contributed by atoms with Gasteiger partial charge in [0.05, 0.1) is 17.4 Å². The van der Waals surface area contributed by atoms with Crippen LogP contribution >= 0.6 is 11.6 Å². The minimum atomic E-state index is -4.36. The first-order valence-electron chi connectivity index (χ1n) is 9.78. The molecule has 0 bridgehead atoms. The van der Waals surface area contributed by atoms with Gasteiger partial charge in [-0.05, 0) is 60.4 Å². The van der Waals surface area contributed by atoms with E-state index in [0.29, 0.717) is 41.5 Å². The number of nitrogens with zero attached hydrogens (tertiary/aromatic N) is 1. The molecule has 2 aromatic carbocycles. The molecule has 0 spiro atoms. The molecular weight excluding hydrogens is 445 g/mol. The highest BCUT2D eigenvalue weighted by atomic mass is 35.5. The number of rotatable bonds is 5. The van der Waals surface area contributed by atoms with Crippen LogP contribution in [0.25, 0.3) is 0 Å². The third-order valence-electron chi connectivity index (χ3n) is 4.95. The third kappa shape index (κ3) is 5.13. The summed E-state index contributed by atoms with van der Waals surface area (Å²) >= 11 is 5.46. The minimum Gasteiger partial charge on any atom is -0.485 e. The normalized spacial score (nSPS) is 15.4. The molecule has 0 aliphatic carbocycles. The van der Waals surface area contributed by atoms with Crippen LogP contribution < -0.4 is 14.8 Å². The molecule has 1 atom stereocenters. The van der Waals surface area contributed by atoms with Gasteiger partial charge < -0.3 is 14.8 Å². The van der Waals surface area contributed by atoms with Crippen LogP contribution in [0.4, 0.5) is 18.9 Å². The van der Waals surface area contributed by atoms with Crippen LogP contribution in [-0.2, 0) is 17.4 Å². The Morgan fingerprint density at radius 3 is 2.59 bits per heavy atom. The highest BCUT2D eigenvalue weighted by molar-refractivity contribution is 6.29. The zero-order valence-electron chi connectivity index (χ0n) is 16.7. The van der Waals surface area contributed by atoms with Crippen molar-refractivity contribution >= 4 is 23.2 Å². The largest absolute Gasteiger partial charge is 0.485 e. The van der Waals surface area contributed by atoms with E-state index < -0.39 is 11.7 Å². The molecule has 0 saturated carbocycles. The summed E-state index contributed by atoms with van der Waals surface area (Å²) in [5.41, 5.74) is 1.48. The number of ether oxygens (including phenoxy) is 2. The Bertz CT molecular complexity index is 1100. The number of amides is 1. The number of alkyl halides is 4. The zero-order valence-corrected chi connectivity index (χ0v) is 17.4. The van der Waals surface area contributed by atoms with Crippen LogP contribution in [0.1, 0.15) is 29.2 Å². The van der Waals surface area contributed by atoms with E-state index in [0.717, 1.165) is 17.7 Å². The molecule has 1 N–H and O–H groups in total.